The molecule has 60 heavy (non-hydrogen) atoms. The number of nitrogens with zero attached hydrogens (tertiary/aromatic N) is 1. The maximum Gasteiger partial charge on any atom is 0.159 e. The fourth-order valence-electron chi connectivity index (χ4n) is 8.78. The van der Waals surface area contributed by atoms with Gasteiger partial charge in [-0.2, -0.15) is 0 Å². The summed E-state index contributed by atoms with van der Waals surface area (Å²) in [6.45, 7) is 0. The number of fused-ring (bicyclic) bond motifs is 4. The van der Waals surface area contributed by atoms with Crippen LogP contribution in [-0.2, 0) is 0 Å². The van der Waals surface area contributed by atoms with Crippen LogP contribution >= 0.6 is 0 Å². The van der Waals surface area contributed by atoms with Crippen LogP contribution in [0.4, 0.5) is 17.1 Å². The summed E-state index contributed by atoms with van der Waals surface area (Å²) >= 11 is 0. The molecule has 0 unspecified atom stereocenters. The van der Waals surface area contributed by atoms with Crippen LogP contribution in [0.3, 0.4) is 0 Å². The third-order valence-corrected chi connectivity index (χ3v) is 11.7. The van der Waals surface area contributed by atoms with Gasteiger partial charge < -0.3 is 9.32 Å². The largest absolute Gasteiger partial charge is 0.454 e. The molecule has 2 heteroatoms. The molecule has 0 saturated heterocycles. The van der Waals surface area contributed by atoms with Gasteiger partial charge in [-0.1, -0.05) is 194 Å². The monoisotopic (exact) mass is 765 g/mol. The number of anilines is 3. The first-order valence-electron chi connectivity index (χ1n) is 20.5. The van der Waals surface area contributed by atoms with Gasteiger partial charge in [0.15, 0.2) is 5.58 Å². The highest BCUT2D eigenvalue weighted by Crippen LogP contribution is 2.48. The lowest BCUT2D eigenvalue weighted by Gasteiger charge is -2.29. The number of rotatable bonds is 8. The SMILES string of the molecule is c1ccc(-c2ccc(-c3ccccc3N(c3ccc(-c4ccc5ccccc5c4)cc3)c3cccc4c3oc3ccccc34)c(-c3ccccc3-c3ccccc3)c2)cc1. The molecule has 0 bridgehead atoms. The standard InChI is InChI=1S/C58H39NO/c1-3-16-40(17-4-1)46-34-37-50(54(39-46)49-23-10-9-22-48(49)43-19-5-2-6-20-43)51-24-11-13-27-55(51)59(56-28-15-26-53-52-25-12-14-29-57(52)60-58(53)56)47-35-32-42(33-36-47)45-31-30-41-18-7-8-21-44(41)38-45/h1-39H. The van der Waals surface area contributed by atoms with Crippen molar-refractivity contribution < 1.29 is 4.42 Å². The third kappa shape index (κ3) is 6.32. The van der Waals surface area contributed by atoms with Crippen molar-refractivity contribution in [2.75, 3.05) is 4.90 Å². The summed E-state index contributed by atoms with van der Waals surface area (Å²) in [5, 5.41) is 4.66. The second-order valence-corrected chi connectivity index (χ2v) is 15.3. The first-order chi connectivity index (χ1) is 29.8. The van der Waals surface area contributed by atoms with Crippen molar-refractivity contribution in [3.05, 3.63) is 237 Å². The van der Waals surface area contributed by atoms with Crippen molar-refractivity contribution in [3.8, 4) is 55.6 Å². The molecule has 0 N–H and O–H groups in total. The molecule has 0 atom stereocenters. The normalized spacial score (nSPS) is 11.3. The Balaban J connectivity index is 1.14. The average Bonchev–Trinajstić information content (AvgIpc) is 3.72. The molecule has 0 aliphatic rings. The van der Waals surface area contributed by atoms with Gasteiger partial charge in [-0.25, -0.2) is 0 Å². The van der Waals surface area contributed by atoms with E-state index in [2.05, 4.69) is 235 Å². The Morgan fingerprint density at radius 1 is 0.283 bits per heavy atom. The van der Waals surface area contributed by atoms with E-state index in [1.807, 2.05) is 6.07 Å². The Hall–Kier alpha value is -7.94. The molecule has 0 amide bonds. The van der Waals surface area contributed by atoms with Crippen LogP contribution in [0.15, 0.2) is 241 Å². The molecular weight excluding hydrogens is 727 g/mol. The van der Waals surface area contributed by atoms with Crippen LogP contribution in [0.25, 0.3) is 88.3 Å². The summed E-state index contributed by atoms with van der Waals surface area (Å²) < 4.78 is 6.77. The molecule has 0 aliphatic carbocycles. The highest BCUT2D eigenvalue weighted by atomic mass is 16.3. The van der Waals surface area contributed by atoms with Gasteiger partial charge in [0.25, 0.3) is 0 Å². The van der Waals surface area contributed by atoms with Crippen molar-refractivity contribution in [3.63, 3.8) is 0 Å². The Morgan fingerprint density at radius 2 is 0.833 bits per heavy atom. The lowest BCUT2D eigenvalue weighted by molar-refractivity contribution is 0.669. The zero-order valence-electron chi connectivity index (χ0n) is 32.9. The smallest absolute Gasteiger partial charge is 0.159 e. The summed E-state index contributed by atoms with van der Waals surface area (Å²) in [6, 6.07) is 84.9. The Labute approximate surface area is 349 Å². The van der Waals surface area contributed by atoms with E-state index in [0.717, 1.165) is 61.3 Å². The minimum Gasteiger partial charge on any atom is -0.454 e. The van der Waals surface area contributed by atoms with Gasteiger partial charge >= 0.3 is 0 Å². The zero-order valence-corrected chi connectivity index (χ0v) is 32.9. The zero-order chi connectivity index (χ0) is 39.8. The molecule has 282 valence electrons. The fraction of sp³-hybridized carbons (Fsp3) is 0. The van der Waals surface area contributed by atoms with Crippen molar-refractivity contribution >= 4 is 49.8 Å². The van der Waals surface area contributed by atoms with Crippen LogP contribution in [0.2, 0.25) is 0 Å². The van der Waals surface area contributed by atoms with Gasteiger partial charge in [-0.05, 0) is 103 Å². The van der Waals surface area contributed by atoms with Gasteiger partial charge in [0, 0.05) is 22.0 Å². The van der Waals surface area contributed by atoms with E-state index >= 15 is 0 Å². The Kier molecular flexibility index (Phi) is 8.87. The van der Waals surface area contributed by atoms with Gasteiger partial charge in [-0.3, -0.25) is 0 Å². The highest BCUT2D eigenvalue weighted by Gasteiger charge is 2.24. The van der Waals surface area contributed by atoms with E-state index in [1.165, 1.54) is 44.2 Å². The molecule has 0 saturated carbocycles. The quantitative estimate of drug-likeness (QED) is 0.153. The summed E-state index contributed by atoms with van der Waals surface area (Å²) in [7, 11) is 0. The number of furan rings is 1. The molecule has 11 aromatic rings. The lowest BCUT2D eigenvalue weighted by Crippen LogP contribution is -2.11. The van der Waals surface area contributed by atoms with Crippen LogP contribution in [0, 0.1) is 0 Å². The number of benzene rings is 10. The van der Waals surface area contributed by atoms with Crippen LogP contribution < -0.4 is 4.90 Å². The van der Waals surface area contributed by atoms with Crippen molar-refractivity contribution in [1.82, 2.24) is 0 Å². The maximum absolute atomic E-state index is 6.77. The predicted molar refractivity (Wildman–Crippen MR) is 253 cm³/mol. The van der Waals surface area contributed by atoms with Crippen molar-refractivity contribution in [1.29, 1.82) is 0 Å². The molecule has 1 heterocycles. The summed E-state index contributed by atoms with van der Waals surface area (Å²) in [6.07, 6.45) is 0. The third-order valence-electron chi connectivity index (χ3n) is 11.7. The Morgan fingerprint density at radius 3 is 1.65 bits per heavy atom. The summed E-state index contributed by atoms with van der Waals surface area (Å²) in [4.78, 5) is 2.38. The second-order valence-electron chi connectivity index (χ2n) is 15.3. The maximum atomic E-state index is 6.77. The topological polar surface area (TPSA) is 16.4 Å². The van der Waals surface area contributed by atoms with E-state index in [-0.39, 0.29) is 0 Å². The van der Waals surface area contributed by atoms with Crippen LogP contribution in [0.1, 0.15) is 0 Å². The molecule has 2 nitrogen and oxygen atoms in total. The van der Waals surface area contributed by atoms with E-state index in [9.17, 15) is 0 Å². The van der Waals surface area contributed by atoms with Crippen LogP contribution in [0.5, 0.6) is 0 Å². The first-order valence-corrected chi connectivity index (χ1v) is 20.5. The van der Waals surface area contributed by atoms with E-state index in [1.54, 1.807) is 0 Å². The highest BCUT2D eigenvalue weighted by molar-refractivity contribution is 6.11. The minimum atomic E-state index is 0.848. The van der Waals surface area contributed by atoms with Gasteiger partial charge in [0.1, 0.15) is 5.58 Å². The minimum absolute atomic E-state index is 0.848. The molecule has 0 fully saturated rings. The summed E-state index contributed by atoms with van der Waals surface area (Å²) in [5.41, 5.74) is 16.4. The predicted octanol–water partition coefficient (Wildman–Crippen LogP) is 16.5. The van der Waals surface area contributed by atoms with Gasteiger partial charge in [0.2, 0.25) is 0 Å². The fourth-order valence-corrected chi connectivity index (χ4v) is 8.78. The Bertz CT molecular complexity index is 3310. The number of para-hydroxylation sites is 3. The van der Waals surface area contributed by atoms with Gasteiger partial charge in [0.05, 0.1) is 11.4 Å². The lowest BCUT2D eigenvalue weighted by atomic mass is 9.86. The first kappa shape index (κ1) is 35.2. The molecule has 1 aromatic heterocycles. The number of hydrogen-bond donors (Lipinski definition) is 0. The molecular formula is C58H39NO. The van der Waals surface area contributed by atoms with Crippen LogP contribution in [-0.4, -0.2) is 0 Å². The second kappa shape index (κ2) is 15.1. The van der Waals surface area contributed by atoms with E-state index in [4.69, 9.17) is 4.42 Å². The number of hydrogen-bond acceptors (Lipinski definition) is 2. The molecule has 0 spiro atoms. The van der Waals surface area contributed by atoms with Crippen molar-refractivity contribution in [2.24, 2.45) is 0 Å². The van der Waals surface area contributed by atoms with Crippen molar-refractivity contribution in [2.45, 2.75) is 0 Å². The van der Waals surface area contributed by atoms with Gasteiger partial charge in [-0.15, -0.1) is 0 Å². The molecule has 0 aliphatic heterocycles. The summed E-state index contributed by atoms with van der Waals surface area (Å²) in [5.74, 6) is 0. The van der Waals surface area contributed by atoms with E-state index < -0.39 is 0 Å². The van der Waals surface area contributed by atoms with E-state index in [0.29, 0.717) is 0 Å². The molecule has 11 rings (SSSR count). The molecule has 0 radical (unpaired) electrons. The average molecular weight is 766 g/mol. The molecule has 10 aromatic carbocycles.